The number of nitrogens with zero attached hydrogens (tertiary/aromatic N) is 3. The molecule has 2 aromatic carbocycles. The highest BCUT2D eigenvalue weighted by atomic mass is 32.1. The van der Waals surface area contributed by atoms with Gasteiger partial charge in [0, 0.05) is 10.4 Å². The van der Waals surface area contributed by atoms with E-state index in [-0.39, 0.29) is 5.57 Å². The first-order valence-corrected chi connectivity index (χ1v) is 8.74. The van der Waals surface area contributed by atoms with Crippen molar-refractivity contribution in [1.29, 1.82) is 5.26 Å². The highest BCUT2D eigenvalue weighted by Crippen LogP contribution is 2.30. The first-order valence-electron chi connectivity index (χ1n) is 7.92. The molecule has 4 rings (SSSR count). The molecule has 0 saturated heterocycles. The number of carboxylic acid groups (broad SMARTS) is 1. The zero-order valence-corrected chi connectivity index (χ0v) is 14.6. The van der Waals surface area contributed by atoms with Crippen LogP contribution in [0.5, 0.6) is 0 Å². The van der Waals surface area contributed by atoms with Crippen molar-refractivity contribution in [2.45, 2.75) is 0 Å². The molecule has 6 nitrogen and oxygen atoms in total. The molecule has 0 saturated carbocycles. The van der Waals surface area contributed by atoms with Gasteiger partial charge in [-0.05, 0) is 41.1 Å². The fourth-order valence-corrected chi connectivity index (χ4v) is 3.47. The second-order valence-corrected chi connectivity index (χ2v) is 6.78. The fraction of sp³-hybridized carbons (Fsp3) is 0. The molecule has 0 aliphatic carbocycles. The molecule has 7 heteroatoms. The van der Waals surface area contributed by atoms with Gasteiger partial charge in [-0.25, -0.2) is 4.79 Å². The third-order valence-electron chi connectivity index (χ3n) is 3.91. The lowest BCUT2D eigenvalue weighted by Crippen LogP contribution is -1.96. The number of aliphatic carboxylic acids is 1. The van der Waals surface area contributed by atoms with E-state index >= 15 is 0 Å². The maximum Gasteiger partial charge on any atom is 0.346 e. The third-order valence-corrected chi connectivity index (χ3v) is 4.94. The molecule has 0 spiro atoms. The zero-order chi connectivity index (χ0) is 18.8. The van der Waals surface area contributed by atoms with E-state index < -0.39 is 5.97 Å². The van der Waals surface area contributed by atoms with Crippen LogP contribution in [-0.2, 0) is 4.79 Å². The van der Waals surface area contributed by atoms with E-state index in [1.54, 1.807) is 18.2 Å². The minimum Gasteiger partial charge on any atom is -0.477 e. The minimum absolute atomic E-state index is 0.326. The van der Waals surface area contributed by atoms with Crippen molar-refractivity contribution >= 4 is 34.2 Å². The van der Waals surface area contributed by atoms with Gasteiger partial charge < -0.3 is 9.63 Å². The summed E-state index contributed by atoms with van der Waals surface area (Å²) in [6.07, 6.45) is 1.32. The van der Waals surface area contributed by atoms with Crippen molar-refractivity contribution in [2.75, 3.05) is 0 Å². The van der Waals surface area contributed by atoms with Crippen LogP contribution >= 0.6 is 11.3 Å². The van der Waals surface area contributed by atoms with Crippen LogP contribution in [0.15, 0.2) is 64.7 Å². The van der Waals surface area contributed by atoms with E-state index in [4.69, 9.17) is 14.9 Å². The first kappa shape index (κ1) is 16.7. The van der Waals surface area contributed by atoms with Gasteiger partial charge in [0.15, 0.2) is 0 Å². The van der Waals surface area contributed by atoms with Crippen molar-refractivity contribution in [2.24, 2.45) is 0 Å². The van der Waals surface area contributed by atoms with Crippen LogP contribution in [-0.4, -0.2) is 21.2 Å². The van der Waals surface area contributed by atoms with Crippen LogP contribution in [0.1, 0.15) is 4.88 Å². The lowest BCUT2D eigenvalue weighted by molar-refractivity contribution is -0.132. The van der Waals surface area contributed by atoms with Gasteiger partial charge >= 0.3 is 5.97 Å². The van der Waals surface area contributed by atoms with Crippen molar-refractivity contribution in [3.8, 4) is 28.2 Å². The van der Waals surface area contributed by atoms with Crippen LogP contribution < -0.4 is 0 Å². The van der Waals surface area contributed by atoms with Crippen molar-refractivity contribution in [3.63, 3.8) is 0 Å². The predicted molar refractivity (Wildman–Crippen MR) is 102 cm³/mol. The standard InChI is InChI=1S/C20H11N3O3S/c21-11-15(20(24)25)10-16-7-8-17(27-16)18-22-19(26-23-18)14-6-5-12-3-1-2-4-13(12)9-14/h1-10H,(H,24,25). The Morgan fingerprint density at radius 1 is 1.15 bits per heavy atom. The molecule has 0 bridgehead atoms. The van der Waals surface area contributed by atoms with Gasteiger partial charge in [0.2, 0.25) is 5.82 Å². The molecule has 130 valence electrons. The number of aromatic nitrogens is 2. The van der Waals surface area contributed by atoms with Gasteiger partial charge in [-0.2, -0.15) is 10.2 Å². The Kier molecular flexibility index (Phi) is 4.24. The van der Waals surface area contributed by atoms with E-state index in [0.717, 1.165) is 21.2 Å². The van der Waals surface area contributed by atoms with Gasteiger partial charge in [-0.15, -0.1) is 11.3 Å². The predicted octanol–water partition coefficient (Wildman–Crippen LogP) is 4.61. The Morgan fingerprint density at radius 2 is 1.96 bits per heavy atom. The molecular weight excluding hydrogens is 362 g/mol. The van der Waals surface area contributed by atoms with Crippen LogP contribution in [0, 0.1) is 11.3 Å². The molecule has 0 aliphatic rings. The molecule has 4 aromatic rings. The van der Waals surface area contributed by atoms with E-state index in [9.17, 15) is 4.79 Å². The molecule has 0 amide bonds. The maximum atomic E-state index is 10.9. The Morgan fingerprint density at radius 3 is 2.74 bits per heavy atom. The molecule has 0 fully saturated rings. The number of benzene rings is 2. The number of carbonyl (C=O) groups is 1. The molecule has 27 heavy (non-hydrogen) atoms. The molecule has 2 heterocycles. The van der Waals surface area contributed by atoms with Crippen LogP contribution in [0.25, 0.3) is 39.0 Å². The number of thiophene rings is 1. The zero-order valence-electron chi connectivity index (χ0n) is 13.8. The van der Waals surface area contributed by atoms with Crippen molar-refractivity contribution < 1.29 is 14.4 Å². The largest absolute Gasteiger partial charge is 0.477 e. The lowest BCUT2D eigenvalue weighted by Gasteiger charge is -1.98. The van der Waals surface area contributed by atoms with Crippen LogP contribution in [0.3, 0.4) is 0 Å². The molecule has 2 aromatic heterocycles. The molecule has 0 atom stereocenters. The van der Waals surface area contributed by atoms with E-state index in [2.05, 4.69) is 10.1 Å². The fourth-order valence-electron chi connectivity index (χ4n) is 2.60. The summed E-state index contributed by atoms with van der Waals surface area (Å²) in [5.74, 6) is -0.438. The van der Waals surface area contributed by atoms with Crippen LogP contribution in [0.4, 0.5) is 0 Å². The molecule has 0 radical (unpaired) electrons. The maximum absolute atomic E-state index is 10.9. The Bertz CT molecular complexity index is 1230. The number of nitriles is 1. The second-order valence-electron chi connectivity index (χ2n) is 5.66. The molecule has 0 unspecified atom stereocenters. The number of rotatable bonds is 4. The smallest absolute Gasteiger partial charge is 0.346 e. The van der Waals surface area contributed by atoms with E-state index in [0.29, 0.717) is 16.6 Å². The highest BCUT2D eigenvalue weighted by molar-refractivity contribution is 7.16. The normalized spacial score (nSPS) is 11.4. The number of hydrogen-bond donors (Lipinski definition) is 1. The first-order chi connectivity index (χ1) is 13.1. The Labute approximate surface area is 157 Å². The van der Waals surface area contributed by atoms with Gasteiger partial charge in [0.05, 0.1) is 4.88 Å². The summed E-state index contributed by atoms with van der Waals surface area (Å²) in [4.78, 5) is 16.7. The minimum atomic E-state index is -1.26. The average Bonchev–Trinajstić information content (AvgIpc) is 3.35. The van der Waals surface area contributed by atoms with Gasteiger partial charge in [0.1, 0.15) is 11.6 Å². The Hall–Kier alpha value is -3.76. The summed E-state index contributed by atoms with van der Waals surface area (Å²) in [5.41, 5.74) is 0.495. The summed E-state index contributed by atoms with van der Waals surface area (Å²) in [6, 6.07) is 19.1. The van der Waals surface area contributed by atoms with E-state index in [1.807, 2.05) is 42.5 Å². The topological polar surface area (TPSA) is 100 Å². The highest BCUT2D eigenvalue weighted by Gasteiger charge is 2.14. The lowest BCUT2D eigenvalue weighted by atomic mass is 10.1. The Balaban J connectivity index is 1.65. The summed E-state index contributed by atoms with van der Waals surface area (Å²) in [7, 11) is 0. The molecule has 0 aliphatic heterocycles. The summed E-state index contributed by atoms with van der Waals surface area (Å²) in [5, 5.41) is 24.0. The molecular formula is C20H11N3O3S. The number of carboxylic acids is 1. The SMILES string of the molecule is N#CC(=Cc1ccc(-c2noc(-c3ccc4ccccc4c3)n2)s1)C(=O)O. The number of hydrogen-bond acceptors (Lipinski definition) is 6. The monoisotopic (exact) mass is 373 g/mol. The second kappa shape index (κ2) is 6.86. The van der Waals surface area contributed by atoms with Crippen LogP contribution in [0.2, 0.25) is 0 Å². The summed E-state index contributed by atoms with van der Waals surface area (Å²) in [6.45, 7) is 0. The number of fused-ring (bicyclic) bond motifs is 1. The van der Waals surface area contributed by atoms with Gasteiger partial charge in [0.25, 0.3) is 5.89 Å². The van der Waals surface area contributed by atoms with Crippen molar-refractivity contribution in [1.82, 2.24) is 10.1 Å². The quantitative estimate of drug-likeness (QED) is 0.414. The molecule has 1 N–H and O–H groups in total. The van der Waals surface area contributed by atoms with E-state index in [1.165, 1.54) is 17.4 Å². The average molecular weight is 373 g/mol. The third kappa shape index (κ3) is 3.34. The van der Waals surface area contributed by atoms with Gasteiger partial charge in [-0.1, -0.05) is 35.5 Å². The van der Waals surface area contributed by atoms with Crippen molar-refractivity contribution in [3.05, 3.63) is 65.0 Å². The summed E-state index contributed by atoms with van der Waals surface area (Å²) < 4.78 is 5.39. The van der Waals surface area contributed by atoms with Gasteiger partial charge in [-0.3, -0.25) is 0 Å². The summed E-state index contributed by atoms with van der Waals surface area (Å²) >= 11 is 1.28.